The van der Waals surface area contributed by atoms with E-state index in [0.717, 1.165) is 29.9 Å². The van der Waals surface area contributed by atoms with E-state index in [2.05, 4.69) is 15.6 Å². The molecule has 23 heavy (non-hydrogen) atoms. The zero-order chi connectivity index (χ0) is 16.9. The first-order chi connectivity index (χ1) is 10.9. The second-order valence-corrected chi connectivity index (χ2v) is 4.84. The van der Waals surface area contributed by atoms with Crippen LogP contribution in [-0.4, -0.2) is 17.4 Å². The lowest BCUT2D eigenvalue weighted by molar-refractivity contribution is -0.137. The van der Waals surface area contributed by atoms with Crippen LogP contribution in [0.2, 0.25) is 0 Å². The molecule has 4 nitrogen and oxygen atoms in total. The molecule has 0 aliphatic carbocycles. The van der Waals surface area contributed by atoms with Gasteiger partial charge in [0.1, 0.15) is 5.82 Å². The summed E-state index contributed by atoms with van der Waals surface area (Å²) in [7, 11) is 0. The van der Waals surface area contributed by atoms with Crippen LogP contribution < -0.4 is 10.6 Å². The second-order valence-electron chi connectivity index (χ2n) is 4.84. The van der Waals surface area contributed by atoms with E-state index < -0.39 is 11.7 Å². The fourth-order valence-electron chi connectivity index (χ4n) is 1.98. The van der Waals surface area contributed by atoms with E-state index in [1.54, 1.807) is 6.07 Å². The third-order valence-corrected chi connectivity index (χ3v) is 3.19. The monoisotopic (exact) mass is 323 g/mol. The van der Waals surface area contributed by atoms with Crippen LogP contribution in [0.15, 0.2) is 42.6 Å². The summed E-state index contributed by atoms with van der Waals surface area (Å²) >= 11 is 0. The summed E-state index contributed by atoms with van der Waals surface area (Å²) in [6.07, 6.45) is -2.91. The molecule has 2 aromatic rings. The average molecular weight is 323 g/mol. The van der Waals surface area contributed by atoms with E-state index in [0.29, 0.717) is 0 Å². The number of carbonyl (C=O) groups is 1. The van der Waals surface area contributed by atoms with Crippen LogP contribution in [0, 0.1) is 0 Å². The average Bonchev–Trinajstić information content (AvgIpc) is 2.53. The van der Waals surface area contributed by atoms with Gasteiger partial charge in [-0.3, -0.25) is 4.79 Å². The van der Waals surface area contributed by atoms with E-state index in [9.17, 15) is 18.0 Å². The smallest absolute Gasteiger partial charge is 0.361 e. The van der Waals surface area contributed by atoms with E-state index in [4.69, 9.17) is 0 Å². The van der Waals surface area contributed by atoms with Crippen LogP contribution in [-0.2, 0) is 17.4 Å². The number of rotatable bonds is 5. The summed E-state index contributed by atoms with van der Waals surface area (Å²) < 4.78 is 37.3. The number of aryl methyl sites for hydroxylation is 1. The molecule has 1 aromatic carbocycles. The SMILES string of the molecule is CCc1ccccc1NC(=O)CNc1ccc(C(F)(F)F)cn1. The van der Waals surface area contributed by atoms with Crippen molar-refractivity contribution in [2.24, 2.45) is 0 Å². The lowest BCUT2D eigenvalue weighted by Gasteiger charge is -2.11. The van der Waals surface area contributed by atoms with Gasteiger partial charge in [0.15, 0.2) is 0 Å². The van der Waals surface area contributed by atoms with Crippen molar-refractivity contribution in [2.45, 2.75) is 19.5 Å². The lowest BCUT2D eigenvalue weighted by Crippen LogP contribution is -2.22. The molecule has 0 spiro atoms. The number of carbonyl (C=O) groups excluding carboxylic acids is 1. The molecule has 1 heterocycles. The highest BCUT2D eigenvalue weighted by atomic mass is 19.4. The number of amides is 1. The highest BCUT2D eigenvalue weighted by Gasteiger charge is 2.30. The van der Waals surface area contributed by atoms with Gasteiger partial charge in [-0.25, -0.2) is 4.98 Å². The number of para-hydroxylation sites is 1. The number of benzene rings is 1. The Morgan fingerprint density at radius 3 is 2.52 bits per heavy atom. The molecule has 0 radical (unpaired) electrons. The molecule has 1 amide bonds. The molecular formula is C16H16F3N3O. The quantitative estimate of drug-likeness (QED) is 0.882. The molecule has 7 heteroatoms. The summed E-state index contributed by atoms with van der Waals surface area (Å²) in [6.45, 7) is 1.89. The van der Waals surface area contributed by atoms with Crippen molar-refractivity contribution in [2.75, 3.05) is 17.2 Å². The van der Waals surface area contributed by atoms with Gasteiger partial charge in [0, 0.05) is 11.9 Å². The third kappa shape index (κ3) is 4.70. The minimum absolute atomic E-state index is 0.0869. The van der Waals surface area contributed by atoms with E-state index in [1.165, 1.54) is 6.07 Å². The second kappa shape index (κ2) is 7.13. The maximum Gasteiger partial charge on any atom is 0.417 e. The minimum atomic E-state index is -4.42. The molecule has 122 valence electrons. The van der Waals surface area contributed by atoms with Crippen LogP contribution in [0.3, 0.4) is 0 Å². The van der Waals surface area contributed by atoms with Crippen molar-refractivity contribution in [3.63, 3.8) is 0 Å². The molecule has 0 atom stereocenters. The van der Waals surface area contributed by atoms with Gasteiger partial charge >= 0.3 is 6.18 Å². The van der Waals surface area contributed by atoms with Crippen molar-refractivity contribution in [1.82, 2.24) is 4.98 Å². The molecule has 1 aromatic heterocycles. The molecular weight excluding hydrogens is 307 g/mol. The molecule has 2 rings (SSSR count). The number of alkyl halides is 3. The Kier molecular flexibility index (Phi) is 5.20. The summed E-state index contributed by atoms with van der Waals surface area (Å²) in [5.74, 6) is -0.0930. The predicted octanol–water partition coefficient (Wildman–Crippen LogP) is 3.71. The molecule has 0 saturated carbocycles. The summed E-state index contributed by atoms with van der Waals surface area (Å²) in [4.78, 5) is 15.5. The number of halogens is 3. The van der Waals surface area contributed by atoms with Crippen molar-refractivity contribution in [3.05, 3.63) is 53.7 Å². The summed E-state index contributed by atoms with van der Waals surface area (Å²) in [5, 5.41) is 5.45. The van der Waals surface area contributed by atoms with E-state index in [1.807, 2.05) is 25.1 Å². The Bertz CT molecular complexity index is 669. The highest BCUT2D eigenvalue weighted by molar-refractivity contribution is 5.94. The maximum atomic E-state index is 12.4. The van der Waals surface area contributed by atoms with Crippen molar-refractivity contribution < 1.29 is 18.0 Å². The maximum absolute atomic E-state index is 12.4. The fraction of sp³-hybridized carbons (Fsp3) is 0.250. The first kappa shape index (κ1) is 16.8. The number of hydrogen-bond donors (Lipinski definition) is 2. The zero-order valence-corrected chi connectivity index (χ0v) is 12.4. The van der Waals surface area contributed by atoms with Crippen LogP contribution in [0.1, 0.15) is 18.1 Å². The predicted molar refractivity (Wildman–Crippen MR) is 82.2 cm³/mol. The first-order valence-electron chi connectivity index (χ1n) is 7.05. The Morgan fingerprint density at radius 1 is 1.17 bits per heavy atom. The van der Waals surface area contributed by atoms with Gasteiger partial charge in [-0.05, 0) is 30.2 Å². The van der Waals surface area contributed by atoms with Gasteiger partial charge in [-0.15, -0.1) is 0 Å². The molecule has 0 bridgehead atoms. The number of pyridine rings is 1. The fourth-order valence-corrected chi connectivity index (χ4v) is 1.98. The van der Waals surface area contributed by atoms with Gasteiger partial charge in [0.2, 0.25) is 5.91 Å². The lowest BCUT2D eigenvalue weighted by atomic mass is 10.1. The van der Waals surface area contributed by atoms with Crippen molar-refractivity contribution in [1.29, 1.82) is 0 Å². The molecule has 0 unspecified atom stereocenters. The van der Waals surface area contributed by atoms with Gasteiger partial charge in [0.05, 0.1) is 12.1 Å². The molecule has 0 aliphatic rings. The molecule has 0 saturated heterocycles. The normalized spacial score (nSPS) is 11.1. The highest BCUT2D eigenvalue weighted by Crippen LogP contribution is 2.28. The van der Waals surface area contributed by atoms with Crippen LogP contribution in [0.25, 0.3) is 0 Å². The Morgan fingerprint density at radius 2 is 1.91 bits per heavy atom. The van der Waals surface area contributed by atoms with Crippen LogP contribution in [0.4, 0.5) is 24.7 Å². The van der Waals surface area contributed by atoms with Gasteiger partial charge < -0.3 is 10.6 Å². The minimum Gasteiger partial charge on any atom is -0.361 e. The number of nitrogens with one attached hydrogen (secondary N) is 2. The number of nitrogens with zero attached hydrogens (tertiary/aromatic N) is 1. The van der Waals surface area contributed by atoms with Crippen molar-refractivity contribution in [3.8, 4) is 0 Å². The van der Waals surface area contributed by atoms with Crippen molar-refractivity contribution >= 4 is 17.4 Å². The van der Waals surface area contributed by atoms with Crippen LogP contribution in [0.5, 0.6) is 0 Å². The van der Waals surface area contributed by atoms with E-state index in [-0.39, 0.29) is 18.3 Å². The number of aromatic nitrogens is 1. The van der Waals surface area contributed by atoms with Gasteiger partial charge in [-0.1, -0.05) is 25.1 Å². The Labute approximate surface area is 131 Å². The Balaban J connectivity index is 1.92. The molecule has 0 aliphatic heterocycles. The summed E-state index contributed by atoms with van der Waals surface area (Å²) in [5.41, 5.74) is 0.903. The molecule has 2 N–H and O–H groups in total. The van der Waals surface area contributed by atoms with Gasteiger partial charge in [-0.2, -0.15) is 13.2 Å². The van der Waals surface area contributed by atoms with Gasteiger partial charge in [0.25, 0.3) is 0 Å². The largest absolute Gasteiger partial charge is 0.417 e. The zero-order valence-electron chi connectivity index (χ0n) is 12.4. The first-order valence-corrected chi connectivity index (χ1v) is 7.05. The Hall–Kier alpha value is -2.57. The topological polar surface area (TPSA) is 54.0 Å². The molecule has 0 fully saturated rings. The van der Waals surface area contributed by atoms with E-state index >= 15 is 0 Å². The third-order valence-electron chi connectivity index (χ3n) is 3.19. The standard InChI is InChI=1S/C16H16F3N3O/c1-2-11-5-3-4-6-13(11)22-15(23)10-21-14-8-7-12(9-20-14)16(17,18)19/h3-9H,2,10H2,1H3,(H,20,21)(H,22,23). The number of anilines is 2. The number of hydrogen-bond acceptors (Lipinski definition) is 3. The van der Waals surface area contributed by atoms with Crippen LogP contribution >= 0.6 is 0 Å². The summed E-state index contributed by atoms with van der Waals surface area (Å²) in [6, 6.07) is 9.53.